The Labute approximate surface area is 145 Å². The molecule has 1 saturated heterocycles. The minimum absolute atomic E-state index is 0.219. The van der Waals surface area contributed by atoms with Crippen LogP contribution in [0.15, 0.2) is 36.5 Å². The molecule has 3 aromatic rings. The standard InChI is InChI=1S/C18H21FN6/c1-18(2,19)14-11-25(10-9-20-14)15-7-3-6-13(22-15)16-12-5-4-8-21-17(12)24-23-16/h3-8,14,20H,9-11H2,1-2H3,(H,21,23,24). The summed E-state index contributed by atoms with van der Waals surface area (Å²) >= 11 is 0. The molecule has 1 aliphatic heterocycles. The summed E-state index contributed by atoms with van der Waals surface area (Å²) in [5, 5.41) is 11.5. The number of fused-ring (bicyclic) bond motifs is 1. The molecule has 1 unspecified atom stereocenters. The zero-order valence-electron chi connectivity index (χ0n) is 14.3. The third kappa shape index (κ3) is 3.07. The van der Waals surface area contributed by atoms with Crippen LogP contribution < -0.4 is 10.2 Å². The largest absolute Gasteiger partial charge is 0.354 e. The fourth-order valence-corrected chi connectivity index (χ4v) is 3.20. The van der Waals surface area contributed by atoms with Gasteiger partial charge in [0.25, 0.3) is 0 Å². The monoisotopic (exact) mass is 340 g/mol. The van der Waals surface area contributed by atoms with Gasteiger partial charge >= 0.3 is 0 Å². The van der Waals surface area contributed by atoms with E-state index in [1.54, 1.807) is 20.0 Å². The van der Waals surface area contributed by atoms with Crippen molar-refractivity contribution in [2.75, 3.05) is 24.5 Å². The van der Waals surface area contributed by atoms with Crippen LogP contribution >= 0.6 is 0 Å². The van der Waals surface area contributed by atoms with Crippen LogP contribution in [0.5, 0.6) is 0 Å². The summed E-state index contributed by atoms with van der Waals surface area (Å²) in [6.07, 6.45) is 1.72. The Balaban J connectivity index is 1.66. The molecule has 0 aromatic carbocycles. The van der Waals surface area contributed by atoms with Gasteiger partial charge < -0.3 is 10.2 Å². The molecule has 0 bridgehead atoms. The molecule has 25 heavy (non-hydrogen) atoms. The maximum atomic E-state index is 14.3. The van der Waals surface area contributed by atoms with Crippen LogP contribution in [0.3, 0.4) is 0 Å². The fourth-order valence-electron chi connectivity index (χ4n) is 3.20. The van der Waals surface area contributed by atoms with Crippen molar-refractivity contribution in [3.63, 3.8) is 0 Å². The number of nitrogens with zero attached hydrogens (tertiary/aromatic N) is 4. The van der Waals surface area contributed by atoms with E-state index >= 15 is 0 Å². The number of hydrogen-bond donors (Lipinski definition) is 2. The number of rotatable bonds is 3. The van der Waals surface area contributed by atoms with Gasteiger partial charge in [0.05, 0.1) is 17.4 Å². The molecule has 1 aliphatic rings. The molecule has 7 heteroatoms. The lowest BCUT2D eigenvalue weighted by atomic mass is 9.98. The predicted octanol–water partition coefficient (Wildman–Crippen LogP) is 2.55. The molecule has 0 aliphatic carbocycles. The van der Waals surface area contributed by atoms with Gasteiger partial charge in [0.1, 0.15) is 11.5 Å². The first-order valence-electron chi connectivity index (χ1n) is 8.46. The lowest BCUT2D eigenvalue weighted by Gasteiger charge is -2.38. The Morgan fingerprint density at radius 2 is 2.12 bits per heavy atom. The first kappa shape index (κ1) is 16.0. The molecule has 0 amide bonds. The Hall–Kier alpha value is -2.54. The molecule has 1 fully saturated rings. The van der Waals surface area contributed by atoms with Crippen LogP contribution in [0.1, 0.15) is 13.8 Å². The van der Waals surface area contributed by atoms with Gasteiger partial charge in [0.2, 0.25) is 0 Å². The summed E-state index contributed by atoms with van der Waals surface area (Å²) in [5.41, 5.74) is 1.05. The second-order valence-electron chi connectivity index (χ2n) is 6.87. The third-order valence-electron chi connectivity index (χ3n) is 4.65. The van der Waals surface area contributed by atoms with E-state index in [-0.39, 0.29) is 6.04 Å². The SMILES string of the molecule is CC(C)(F)C1CN(c2cccc(-c3[nH]nc4ncccc34)n2)CCN1. The number of nitrogens with one attached hydrogen (secondary N) is 2. The minimum Gasteiger partial charge on any atom is -0.354 e. The summed E-state index contributed by atoms with van der Waals surface area (Å²) in [6, 6.07) is 9.52. The summed E-state index contributed by atoms with van der Waals surface area (Å²) < 4.78 is 14.3. The first-order chi connectivity index (χ1) is 12.0. The van der Waals surface area contributed by atoms with E-state index in [0.29, 0.717) is 12.2 Å². The highest BCUT2D eigenvalue weighted by molar-refractivity contribution is 5.89. The molecule has 1 atom stereocenters. The van der Waals surface area contributed by atoms with Gasteiger partial charge in [-0.15, -0.1) is 0 Å². The smallest absolute Gasteiger partial charge is 0.181 e. The lowest BCUT2D eigenvalue weighted by Crippen LogP contribution is -2.58. The molecule has 0 spiro atoms. The van der Waals surface area contributed by atoms with Gasteiger partial charge in [-0.2, -0.15) is 5.10 Å². The average Bonchev–Trinajstić information content (AvgIpc) is 3.05. The van der Waals surface area contributed by atoms with Crippen LogP contribution in [0.4, 0.5) is 10.2 Å². The normalized spacial score (nSPS) is 18.7. The number of hydrogen-bond acceptors (Lipinski definition) is 5. The second-order valence-corrected chi connectivity index (χ2v) is 6.87. The number of alkyl halides is 1. The molecule has 4 rings (SSSR count). The summed E-state index contributed by atoms with van der Waals surface area (Å²) in [6.45, 7) is 5.35. The molecule has 130 valence electrons. The van der Waals surface area contributed by atoms with Crippen LogP contribution in [0.2, 0.25) is 0 Å². The Morgan fingerprint density at radius 1 is 1.24 bits per heavy atom. The highest BCUT2D eigenvalue weighted by Crippen LogP contribution is 2.26. The van der Waals surface area contributed by atoms with E-state index in [1.165, 1.54) is 0 Å². The molecule has 0 radical (unpaired) electrons. The number of aromatic nitrogens is 4. The number of aromatic amines is 1. The number of anilines is 1. The lowest BCUT2D eigenvalue weighted by molar-refractivity contribution is 0.143. The van der Waals surface area contributed by atoms with Crippen LogP contribution in [-0.4, -0.2) is 51.5 Å². The van der Waals surface area contributed by atoms with Gasteiger partial charge in [0.15, 0.2) is 5.65 Å². The van der Waals surface area contributed by atoms with E-state index in [9.17, 15) is 4.39 Å². The molecule has 6 nitrogen and oxygen atoms in total. The molecule has 3 aromatic heterocycles. The van der Waals surface area contributed by atoms with Gasteiger partial charge in [-0.05, 0) is 38.1 Å². The molecular weight excluding hydrogens is 319 g/mol. The quantitative estimate of drug-likeness (QED) is 0.767. The van der Waals surface area contributed by atoms with Gasteiger partial charge in [-0.25, -0.2) is 14.4 Å². The Morgan fingerprint density at radius 3 is 2.96 bits per heavy atom. The molecule has 4 heterocycles. The van der Waals surface area contributed by atoms with E-state index in [2.05, 4.69) is 25.4 Å². The summed E-state index contributed by atoms with van der Waals surface area (Å²) in [5.74, 6) is 0.847. The topological polar surface area (TPSA) is 69.7 Å². The Bertz CT molecular complexity index is 884. The first-order valence-corrected chi connectivity index (χ1v) is 8.46. The molecule has 2 N–H and O–H groups in total. The second kappa shape index (κ2) is 6.07. The maximum absolute atomic E-state index is 14.3. The zero-order chi connectivity index (χ0) is 17.4. The van der Waals surface area contributed by atoms with Crippen molar-refractivity contribution in [1.29, 1.82) is 0 Å². The van der Waals surface area contributed by atoms with E-state index in [4.69, 9.17) is 4.98 Å². The maximum Gasteiger partial charge on any atom is 0.181 e. The van der Waals surface area contributed by atoms with Crippen LogP contribution in [0, 0.1) is 0 Å². The van der Waals surface area contributed by atoms with Crippen molar-refractivity contribution in [3.05, 3.63) is 36.5 Å². The Kier molecular flexibility index (Phi) is 3.88. The number of piperazine rings is 1. The fraction of sp³-hybridized carbons (Fsp3) is 0.389. The van der Waals surface area contributed by atoms with Crippen molar-refractivity contribution < 1.29 is 4.39 Å². The molecular formula is C18H21FN6. The molecule has 0 saturated carbocycles. The number of halogens is 1. The highest BCUT2D eigenvalue weighted by atomic mass is 19.1. The van der Waals surface area contributed by atoms with Gasteiger partial charge in [0, 0.05) is 31.2 Å². The van der Waals surface area contributed by atoms with E-state index < -0.39 is 5.67 Å². The zero-order valence-corrected chi connectivity index (χ0v) is 14.3. The van der Waals surface area contributed by atoms with Crippen molar-refractivity contribution in [2.45, 2.75) is 25.6 Å². The summed E-state index contributed by atoms with van der Waals surface area (Å²) in [4.78, 5) is 11.2. The van der Waals surface area contributed by atoms with Crippen molar-refractivity contribution >= 4 is 16.9 Å². The van der Waals surface area contributed by atoms with E-state index in [0.717, 1.165) is 35.7 Å². The highest BCUT2D eigenvalue weighted by Gasteiger charge is 2.33. The van der Waals surface area contributed by atoms with E-state index in [1.807, 2.05) is 30.3 Å². The van der Waals surface area contributed by atoms with Crippen LogP contribution in [-0.2, 0) is 0 Å². The average molecular weight is 340 g/mol. The third-order valence-corrected chi connectivity index (χ3v) is 4.65. The predicted molar refractivity (Wildman–Crippen MR) is 96.3 cm³/mol. The number of H-pyrrole nitrogens is 1. The number of pyridine rings is 2. The summed E-state index contributed by atoms with van der Waals surface area (Å²) in [7, 11) is 0. The van der Waals surface area contributed by atoms with Crippen molar-refractivity contribution in [2.24, 2.45) is 0 Å². The van der Waals surface area contributed by atoms with Crippen LogP contribution in [0.25, 0.3) is 22.4 Å². The minimum atomic E-state index is -1.28. The van der Waals surface area contributed by atoms with Gasteiger partial charge in [-0.1, -0.05) is 6.07 Å². The van der Waals surface area contributed by atoms with Crippen molar-refractivity contribution in [3.8, 4) is 11.4 Å². The van der Waals surface area contributed by atoms with Gasteiger partial charge in [-0.3, -0.25) is 5.10 Å². The van der Waals surface area contributed by atoms with Crippen molar-refractivity contribution in [1.82, 2.24) is 25.5 Å².